The Morgan fingerprint density at radius 2 is 1.83 bits per heavy atom. The highest BCUT2D eigenvalue weighted by molar-refractivity contribution is 5.93. The molecule has 8 heteroatoms. The molecule has 4 aromatic rings. The summed E-state index contributed by atoms with van der Waals surface area (Å²) in [5.41, 5.74) is 3.82. The quantitative estimate of drug-likeness (QED) is 0.564. The van der Waals surface area contributed by atoms with E-state index in [0.29, 0.717) is 18.8 Å². The lowest BCUT2D eigenvalue weighted by Crippen LogP contribution is -2.48. The number of aromatic amines is 1. The molecule has 1 fully saturated rings. The molecule has 1 N–H and O–H groups in total. The number of amides is 1. The summed E-state index contributed by atoms with van der Waals surface area (Å²) in [6.45, 7) is 3.60. The van der Waals surface area contributed by atoms with E-state index in [1.165, 1.54) is 0 Å². The zero-order valence-corrected chi connectivity index (χ0v) is 16.7. The molecular formula is C22H22N6O2. The number of nitrogens with zero attached hydrogens (tertiary/aromatic N) is 5. The van der Waals surface area contributed by atoms with Crippen molar-refractivity contribution in [3.8, 4) is 5.75 Å². The van der Waals surface area contributed by atoms with Gasteiger partial charge < -0.3 is 14.6 Å². The molecule has 1 saturated heterocycles. The molecular weight excluding hydrogens is 380 g/mol. The third kappa shape index (κ3) is 3.57. The molecule has 2 aromatic heterocycles. The second-order valence-electron chi connectivity index (χ2n) is 7.38. The molecule has 1 aliphatic rings. The van der Waals surface area contributed by atoms with Crippen molar-refractivity contribution in [2.45, 2.75) is 6.54 Å². The highest BCUT2D eigenvalue weighted by Gasteiger charge is 2.24. The number of benzene rings is 2. The summed E-state index contributed by atoms with van der Waals surface area (Å²) >= 11 is 0. The van der Waals surface area contributed by atoms with Gasteiger partial charge in [0.1, 0.15) is 17.3 Å². The summed E-state index contributed by atoms with van der Waals surface area (Å²) in [4.78, 5) is 33.9. The molecule has 1 amide bonds. The van der Waals surface area contributed by atoms with Gasteiger partial charge in [0.25, 0.3) is 5.91 Å². The molecule has 8 nitrogen and oxygen atoms in total. The Morgan fingerprint density at radius 3 is 2.63 bits per heavy atom. The van der Waals surface area contributed by atoms with E-state index in [1.54, 1.807) is 13.3 Å². The minimum atomic E-state index is -0.0660. The van der Waals surface area contributed by atoms with Crippen molar-refractivity contribution in [2.75, 3.05) is 33.3 Å². The van der Waals surface area contributed by atoms with Crippen LogP contribution in [0.4, 0.5) is 0 Å². The number of carbonyl (C=O) groups excluding carboxylic acids is 1. The number of para-hydroxylation sites is 2. The Labute approximate surface area is 173 Å². The summed E-state index contributed by atoms with van der Waals surface area (Å²) in [7, 11) is 1.66. The van der Waals surface area contributed by atoms with E-state index in [9.17, 15) is 4.79 Å². The first-order valence-corrected chi connectivity index (χ1v) is 9.96. The summed E-state index contributed by atoms with van der Waals surface area (Å²) in [6, 6.07) is 13.4. The van der Waals surface area contributed by atoms with Crippen LogP contribution in [0.3, 0.4) is 0 Å². The number of nitrogens with one attached hydrogen (secondary N) is 1. The third-order valence-corrected chi connectivity index (χ3v) is 5.44. The second-order valence-corrected chi connectivity index (χ2v) is 7.38. The predicted molar refractivity (Wildman–Crippen MR) is 113 cm³/mol. The minimum absolute atomic E-state index is 0.0660. The Balaban J connectivity index is 1.23. The Kier molecular flexibility index (Phi) is 4.76. The van der Waals surface area contributed by atoms with Crippen molar-refractivity contribution in [3.05, 3.63) is 60.2 Å². The van der Waals surface area contributed by atoms with Crippen LogP contribution in [0.15, 0.2) is 48.7 Å². The highest BCUT2D eigenvalue weighted by Crippen LogP contribution is 2.20. The normalized spacial score (nSPS) is 15.0. The standard InChI is InChI=1S/C22H22N6O2/c1-30-15-6-7-18-19(12-15)26-21(25-18)14-27-8-10-28(11-9-27)22(29)20-13-23-16-4-2-3-5-17(16)24-20/h2-7,12-13H,8-11,14H2,1H3,(H,25,26). The minimum Gasteiger partial charge on any atom is -0.497 e. The zero-order chi connectivity index (χ0) is 20.5. The molecule has 152 valence electrons. The van der Waals surface area contributed by atoms with Crippen LogP contribution in [0, 0.1) is 0 Å². The summed E-state index contributed by atoms with van der Waals surface area (Å²) in [5.74, 6) is 1.66. The number of hydrogen-bond donors (Lipinski definition) is 1. The number of piperazine rings is 1. The Hall–Kier alpha value is -3.52. The average Bonchev–Trinajstić information content (AvgIpc) is 3.20. The largest absolute Gasteiger partial charge is 0.497 e. The van der Waals surface area contributed by atoms with Gasteiger partial charge in [-0.3, -0.25) is 14.7 Å². The molecule has 0 spiro atoms. The van der Waals surface area contributed by atoms with E-state index >= 15 is 0 Å². The molecule has 30 heavy (non-hydrogen) atoms. The number of ether oxygens (including phenoxy) is 1. The molecule has 2 aromatic carbocycles. The third-order valence-electron chi connectivity index (χ3n) is 5.44. The van der Waals surface area contributed by atoms with Gasteiger partial charge >= 0.3 is 0 Å². The lowest BCUT2D eigenvalue weighted by Gasteiger charge is -2.34. The van der Waals surface area contributed by atoms with Gasteiger partial charge in [-0.15, -0.1) is 0 Å². The second kappa shape index (κ2) is 7.72. The molecule has 0 radical (unpaired) electrons. The average molecular weight is 402 g/mol. The van der Waals surface area contributed by atoms with Gasteiger partial charge in [0.2, 0.25) is 0 Å². The molecule has 0 unspecified atom stereocenters. The van der Waals surface area contributed by atoms with Crippen LogP contribution in [-0.4, -0.2) is 68.9 Å². The number of fused-ring (bicyclic) bond motifs is 2. The molecule has 5 rings (SSSR count). The number of carbonyl (C=O) groups is 1. The van der Waals surface area contributed by atoms with Crippen molar-refractivity contribution >= 4 is 28.0 Å². The lowest BCUT2D eigenvalue weighted by molar-refractivity contribution is 0.0620. The molecule has 0 bridgehead atoms. The van der Waals surface area contributed by atoms with Crippen LogP contribution in [0.1, 0.15) is 16.3 Å². The molecule has 0 atom stereocenters. The number of H-pyrrole nitrogens is 1. The molecule has 1 aliphatic heterocycles. The van der Waals surface area contributed by atoms with Gasteiger partial charge in [-0.25, -0.2) is 9.97 Å². The van der Waals surface area contributed by atoms with Gasteiger partial charge in [0.05, 0.1) is 41.9 Å². The number of methoxy groups -OCH3 is 1. The van der Waals surface area contributed by atoms with E-state index in [-0.39, 0.29) is 5.91 Å². The Morgan fingerprint density at radius 1 is 1.03 bits per heavy atom. The van der Waals surface area contributed by atoms with Crippen LogP contribution in [0.25, 0.3) is 22.1 Å². The van der Waals surface area contributed by atoms with Crippen LogP contribution < -0.4 is 4.74 Å². The maximum atomic E-state index is 12.9. The van der Waals surface area contributed by atoms with E-state index in [0.717, 1.165) is 53.3 Å². The van der Waals surface area contributed by atoms with E-state index in [1.807, 2.05) is 47.4 Å². The van der Waals surface area contributed by atoms with Gasteiger partial charge in [-0.05, 0) is 24.3 Å². The fraction of sp³-hybridized carbons (Fsp3) is 0.273. The van der Waals surface area contributed by atoms with E-state index in [4.69, 9.17) is 4.74 Å². The first-order valence-electron chi connectivity index (χ1n) is 9.96. The van der Waals surface area contributed by atoms with E-state index < -0.39 is 0 Å². The van der Waals surface area contributed by atoms with Gasteiger partial charge in [0.15, 0.2) is 0 Å². The zero-order valence-electron chi connectivity index (χ0n) is 16.7. The van der Waals surface area contributed by atoms with Crippen molar-refractivity contribution in [2.24, 2.45) is 0 Å². The topological polar surface area (TPSA) is 87.2 Å². The van der Waals surface area contributed by atoms with E-state index in [2.05, 4.69) is 24.8 Å². The Bertz CT molecular complexity index is 1210. The smallest absolute Gasteiger partial charge is 0.274 e. The maximum absolute atomic E-state index is 12.9. The molecule has 0 saturated carbocycles. The van der Waals surface area contributed by atoms with Crippen molar-refractivity contribution in [1.29, 1.82) is 0 Å². The van der Waals surface area contributed by atoms with Crippen molar-refractivity contribution in [1.82, 2.24) is 29.7 Å². The SMILES string of the molecule is COc1ccc2nc(CN3CCN(C(=O)c4cnc5ccccc5n4)CC3)[nH]c2c1. The van der Waals surface area contributed by atoms with Crippen LogP contribution in [0.2, 0.25) is 0 Å². The maximum Gasteiger partial charge on any atom is 0.274 e. The van der Waals surface area contributed by atoms with Gasteiger partial charge in [-0.2, -0.15) is 0 Å². The van der Waals surface area contributed by atoms with Crippen molar-refractivity contribution in [3.63, 3.8) is 0 Å². The molecule has 0 aliphatic carbocycles. The summed E-state index contributed by atoms with van der Waals surface area (Å²) in [6.07, 6.45) is 1.57. The number of imidazole rings is 1. The van der Waals surface area contributed by atoms with Gasteiger partial charge in [-0.1, -0.05) is 12.1 Å². The van der Waals surface area contributed by atoms with Gasteiger partial charge in [0, 0.05) is 32.2 Å². The van der Waals surface area contributed by atoms with Crippen LogP contribution in [-0.2, 0) is 6.54 Å². The monoisotopic (exact) mass is 402 g/mol. The molecule has 3 heterocycles. The number of rotatable bonds is 4. The number of aromatic nitrogens is 4. The first kappa shape index (κ1) is 18.5. The van der Waals surface area contributed by atoms with Crippen molar-refractivity contribution < 1.29 is 9.53 Å². The predicted octanol–water partition coefficient (Wildman–Crippen LogP) is 2.47. The fourth-order valence-electron chi connectivity index (χ4n) is 3.79. The summed E-state index contributed by atoms with van der Waals surface area (Å²) in [5, 5.41) is 0. The summed E-state index contributed by atoms with van der Waals surface area (Å²) < 4.78 is 5.27. The van der Waals surface area contributed by atoms with Crippen LogP contribution in [0.5, 0.6) is 5.75 Å². The highest BCUT2D eigenvalue weighted by atomic mass is 16.5. The lowest BCUT2D eigenvalue weighted by atomic mass is 10.2. The first-order chi connectivity index (χ1) is 14.7. The number of hydrogen-bond acceptors (Lipinski definition) is 6. The fourth-order valence-corrected chi connectivity index (χ4v) is 3.79. The van der Waals surface area contributed by atoms with Crippen LogP contribution >= 0.6 is 0 Å².